The maximum atomic E-state index is 6.09. The lowest BCUT2D eigenvalue weighted by atomic mass is 10.1. The summed E-state index contributed by atoms with van der Waals surface area (Å²) < 4.78 is 12.8. The molecule has 1 N–H and O–H groups in total. The van der Waals surface area contributed by atoms with Crippen molar-refractivity contribution in [3.05, 3.63) is 99.5 Å². The first-order valence-electron chi connectivity index (χ1n) is 10.2. The lowest BCUT2D eigenvalue weighted by Crippen LogP contribution is -2.04. The number of anilines is 1. The van der Waals surface area contributed by atoms with Crippen molar-refractivity contribution in [2.75, 3.05) is 11.9 Å². The Hall–Kier alpha value is -2.69. The van der Waals surface area contributed by atoms with Crippen molar-refractivity contribution in [3.63, 3.8) is 0 Å². The first-order valence-corrected chi connectivity index (χ1v) is 11.3. The van der Waals surface area contributed by atoms with E-state index in [2.05, 4.69) is 69.8 Å². The van der Waals surface area contributed by atoms with Crippen molar-refractivity contribution >= 4 is 44.0 Å². The van der Waals surface area contributed by atoms with Gasteiger partial charge in [-0.3, -0.25) is 0 Å². The van der Waals surface area contributed by atoms with Crippen molar-refractivity contribution in [2.45, 2.75) is 20.1 Å². The fourth-order valence-corrected chi connectivity index (χ4v) is 4.17. The lowest BCUT2D eigenvalue weighted by molar-refractivity contribution is 0.267. The van der Waals surface area contributed by atoms with Gasteiger partial charge in [-0.2, -0.15) is 0 Å². The molecule has 0 fully saturated rings. The largest absolute Gasteiger partial charge is 0.490 e. The molecule has 0 atom stereocenters. The third kappa shape index (κ3) is 5.33. The molecule has 0 spiro atoms. The molecule has 5 heteroatoms. The van der Waals surface area contributed by atoms with Crippen molar-refractivity contribution in [1.82, 2.24) is 0 Å². The van der Waals surface area contributed by atoms with E-state index in [4.69, 9.17) is 21.1 Å². The summed E-state index contributed by atoms with van der Waals surface area (Å²) in [7, 11) is 0. The zero-order valence-electron chi connectivity index (χ0n) is 17.2. The number of benzene rings is 4. The van der Waals surface area contributed by atoms with Crippen LogP contribution in [0.3, 0.4) is 0 Å². The molecule has 158 valence electrons. The Labute approximate surface area is 196 Å². The van der Waals surface area contributed by atoms with E-state index >= 15 is 0 Å². The Morgan fingerprint density at radius 1 is 0.871 bits per heavy atom. The third-order valence-electron chi connectivity index (χ3n) is 4.94. The molecule has 4 aromatic carbocycles. The predicted octanol–water partition coefficient (Wildman–Crippen LogP) is 7.85. The average molecular weight is 497 g/mol. The minimum atomic E-state index is 0.434. The molecule has 0 radical (unpaired) electrons. The number of fused-ring (bicyclic) bond motifs is 1. The van der Waals surface area contributed by atoms with E-state index in [0.717, 1.165) is 27.0 Å². The Balaban J connectivity index is 1.52. The van der Waals surface area contributed by atoms with Crippen LogP contribution < -0.4 is 14.8 Å². The van der Waals surface area contributed by atoms with E-state index in [-0.39, 0.29) is 0 Å². The van der Waals surface area contributed by atoms with Crippen molar-refractivity contribution in [1.29, 1.82) is 0 Å². The van der Waals surface area contributed by atoms with E-state index in [1.807, 2.05) is 37.3 Å². The number of hydrogen-bond acceptors (Lipinski definition) is 3. The maximum Gasteiger partial charge on any atom is 0.175 e. The Morgan fingerprint density at radius 3 is 2.45 bits per heavy atom. The van der Waals surface area contributed by atoms with Gasteiger partial charge in [0.1, 0.15) is 6.61 Å². The Kier molecular flexibility index (Phi) is 7.00. The standard InChI is InChI=1S/C26H23BrClNO2/c1-2-30-25-15-19(16-29-24-9-5-7-20-6-3-4-8-22(20)24)14-23(27)26(25)31-17-18-10-12-21(28)13-11-18/h3-15,29H,2,16-17H2,1H3. The van der Waals surface area contributed by atoms with Crippen molar-refractivity contribution in [2.24, 2.45) is 0 Å². The summed E-state index contributed by atoms with van der Waals surface area (Å²) in [4.78, 5) is 0. The molecular weight excluding hydrogens is 474 g/mol. The van der Waals surface area contributed by atoms with Gasteiger partial charge in [0.05, 0.1) is 11.1 Å². The molecule has 0 saturated heterocycles. The molecule has 3 nitrogen and oxygen atoms in total. The molecular formula is C26H23BrClNO2. The van der Waals surface area contributed by atoms with E-state index in [9.17, 15) is 0 Å². The monoisotopic (exact) mass is 495 g/mol. The lowest BCUT2D eigenvalue weighted by Gasteiger charge is -2.16. The van der Waals surface area contributed by atoms with Gasteiger partial charge >= 0.3 is 0 Å². The second-order valence-corrected chi connectivity index (χ2v) is 8.42. The fraction of sp³-hybridized carbons (Fsp3) is 0.154. The highest BCUT2D eigenvalue weighted by atomic mass is 79.9. The molecule has 31 heavy (non-hydrogen) atoms. The van der Waals surface area contributed by atoms with Crippen LogP contribution in [-0.2, 0) is 13.2 Å². The van der Waals surface area contributed by atoms with Crippen LogP contribution in [0.15, 0.2) is 83.3 Å². The van der Waals surface area contributed by atoms with Gasteiger partial charge < -0.3 is 14.8 Å². The van der Waals surface area contributed by atoms with Gasteiger partial charge in [0.2, 0.25) is 0 Å². The molecule has 0 amide bonds. The zero-order chi connectivity index (χ0) is 21.6. The molecule has 0 aliphatic carbocycles. The number of halogens is 2. The summed E-state index contributed by atoms with van der Waals surface area (Å²) in [6.45, 7) is 3.63. The molecule has 4 aromatic rings. The molecule has 0 aromatic heterocycles. The minimum absolute atomic E-state index is 0.434. The van der Waals surface area contributed by atoms with E-state index in [1.54, 1.807) is 0 Å². The summed E-state index contributed by atoms with van der Waals surface area (Å²) in [6, 6.07) is 26.4. The topological polar surface area (TPSA) is 30.5 Å². The van der Waals surface area contributed by atoms with Gasteiger partial charge in [0, 0.05) is 22.6 Å². The number of nitrogens with one attached hydrogen (secondary N) is 1. The second-order valence-electron chi connectivity index (χ2n) is 7.13. The average Bonchev–Trinajstić information content (AvgIpc) is 2.78. The van der Waals surface area contributed by atoms with Crippen LogP contribution in [0.1, 0.15) is 18.1 Å². The summed E-state index contributed by atoms with van der Waals surface area (Å²) in [5.41, 5.74) is 3.25. The highest BCUT2D eigenvalue weighted by Gasteiger charge is 2.13. The fourth-order valence-electron chi connectivity index (χ4n) is 3.44. The third-order valence-corrected chi connectivity index (χ3v) is 5.78. The van der Waals surface area contributed by atoms with Crippen LogP contribution in [0.5, 0.6) is 11.5 Å². The van der Waals surface area contributed by atoms with E-state index in [1.165, 1.54) is 10.8 Å². The summed E-state index contributed by atoms with van der Waals surface area (Å²) in [6.07, 6.45) is 0. The molecule has 0 saturated carbocycles. The molecule has 0 unspecified atom stereocenters. The highest BCUT2D eigenvalue weighted by molar-refractivity contribution is 9.10. The maximum absolute atomic E-state index is 6.09. The van der Waals surface area contributed by atoms with Crippen LogP contribution in [-0.4, -0.2) is 6.61 Å². The quantitative estimate of drug-likeness (QED) is 0.269. The van der Waals surface area contributed by atoms with Crippen molar-refractivity contribution in [3.8, 4) is 11.5 Å². The van der Waals surface area contributed by atoms with Gasteiger partial charge in [-0.05, 0) is 69.7 Å². The molecule has 0 heterocycles. The SMILES string of the molecule is CCOc1cc(CNc2cccc3ccccc23)cc(Br)c1OCc1ccc(Cl)cc1. The van der Waals surface area contributed by atoms with Crippen LogP contribution in [0.25, 0.3) is 10.8 Å². The smallest absolute Gasteiger partial charge is 0.175 e. The summed E-state index contributed by atoms with van der Waals surface area (Å²) in [5.74, 6) is 1.42. The van der Waals surface area contributed by atoms with E-state index in [0.29, 0.717) is 30.5 Å². The van der Waals surface area contributed by atoms with Gasteiger partial charge in [-0.1, -0.05) is 60.1 Å². The number of rotatable bonds is 8. The second kappa shape index (κ2) is 10.1. The van der Waals surface area contributed by atoms with Gasteiger partial charge in [0.15, 0.2) is 11.5 Å². The highest BCUT2D eigenvalue weighted by Crippen LogP contribution is 2.38. The van der Waals surface area contributed by atoms with Gasteiger partial charge in [-0.25, -0.2) is 0 Å². The molecule has 0 bridgehead atoms. The zero-order valence-corrected chi connectivity index (χ0v) is 19.5. The summed E-state index contributed by atoms with van der Waals surface area (Å²) >= 11 is 9.64. The van der Waals surface area contributed by atoms with Gasteiger partial charge in [-0.15, -0.1) is 0 Å². The van der Waals surface area contributed by atoms with Crippen LogP contribution in [0, 0.1) is 0 Å². The predicted molar refractivity (Wildman–Crippen MR) is 132 cm³/mol. The first kappa shape index (κ1) is 21.5. The normalized spacial score (nSPS) is 10.8. The molecule has 4 rings (SSSR count). The Bertz CT molecular complexity index is 1170. The van der Waals surface area contributed by atoms with Crippen LogP contribution in [0.2, 0.25) is 5.02 Å². The molecule has 0 aliphatic rings. The van der Waals surface area contributed by atoms with Crippen LogP contribution in [0.4, 0.5) is 5.69 Å². The molecule has 0 aliphatic heterocycles. The Morgan fingerprint density at radius 2 is 1.65 bits per heavy atom. The first-order chi connectivity index (χ1) is 15.1. The minimum Gasteiger partial charge on any atom is -0.490 e. The number of ether oxygens (including phenoxy) is 2. The number of hydrogen-bond donors (Lipinski definition) is 1. The van der Waals surface area contributed by atoms with E-state index < -0.39 is 0 Å². The van der Waals surface area contributed by atoms with Gasteiger partial charge in [0.25, 0.3) is 0 Å². The van der Waals surface area contributed by atoms with Crippen molar-refractivity contribution < 1.29 is 9.47 Å². The summed E-state index contributed by atoms with van der Waals surface area (Å²) in [5, 5.41) is 6.69. The van der Waals surface area contributed by atoms with Crippen LogP contribution >= 0.6 is 27.5 Å².